The van der Waals surface area contributed by atoms with Gasteiger partial charge in [-0.1, -0.05) is 0 Å². The van der Waals surface area contributed by atoms with Gasteiger partial charge in [-0.3, -0.25) is 4.79 Å². The Hall–Kier alpha value is -1.13. The smallest absolute Gasteiger partial charge is 0.321 e. The molecule has 0 bridgehead atoms. The molecule has 16 heavy (non-hydrogen) atoms. The lowest BCUT2D eigenvalue weighted by Gasteiger charge is -2.22. The molecule has 0 aromatic rings. The van der Waals surface area contributed by atoms with E-state index in [0.29, 0.717) is 12.8 Å². The van der Waals surface area contributed by atoms with E-state index in [2.05, 4.69) is 0 Å². The molecule has 1 unspecified atom stereocenters. The van der Waals surface area contributed by atoms with Gasteiger partial charge in [0, 0.05) is 7.05 Å². The lowest BCUT2D eigenvalue weighted by atomic mass is 10.2. The molecule has 90 valence electrons. The van der Waals surface area contributed by atoms with Crippen LogP contribution in [0.5, 0.6) is 0 Å². The number of sulfonamides is 1. The lowest BCUT2D eigenvalue weighted by molar-refractivity contribution is -0.140. The van der Waals surface area contributed by atoms with Gasteiger partial charge in [0.2, 0.25) is 10.0 Å². The summed E-state index contributed by atoms with van der Waals surface area (Å²) < 4.78 is 24.4. The third-order valence-electron chi connectivity index (χ3n) is 2.89. The van der Waals surface area contributed by atoms with E-state index in [-0.39, 0.29) is 5.75 Å². The first-order valence-corrected chi connectivity index (χ1v) is 6.45. The van der Waals surface area contributed by atoms with Gasteiger partial charge < -0.3 is 5.11 Å². The molecule has 0 spiro atoms. The van der Waals surface area contributed by atoms with Crippen molar-refractivity contribution in [3.8, 4) is 6.07 Å². The van der Waals surface area contributed by atoms with Gasteiger partial charge in [0.25, 0.3) is 0 Å². The van der Waals surface area contributed by atoms with E-state index >= 15 is 0 Å². The molecule has 0 aromatic carbocycles. The van der Waals surface area contributed by atoms with Crippen molar-refractivity contribution in [1.82, 2.24) is 4.31 Å². The molecule has 0 saturated heterocycles. The molecule has 1 rings (SSSR count). The lowest BCUT2D eigenvalue weighted by Crippen LogP contribution is -2.42. The number of carboxylic acids is 1. The minimum atomic E-state index is -3.68. The fourth-order valence-corrected chi connectivity index (χ4v) is 3.11. The topological polar surface area (TPSA) is 98.5 Å². The average molecular weight is 246 g/mol. The minimum absolute atomic E-state index is 0.287. The molecule has 1 saturated carbocycles. The number of carboxylic acid groups (broad SMARTS) is 1. The number of nitriles is 1. The molecular weight excluding hydrogens is 232 g/mol. The van der Waals surface area contributed by atoms with Crippen molar-refractivity contribution in [3.05, 3.63) is 0 Å². The van der Waals surface area contributed by atoms with Crippen molar-refractivity contribution in [2.75, 3.05) is 12.8 Å². The van der Waals surface area contributed by atoms with Gasteiger partial charge in [-0.2, -0.15) is 9.57 Å². The van der Waals surface area contributed by atoms with E-state index < -0.39 is 27.4 Å². The van der Waals surface area contributed by atoms with Gasteiger partial charge >= 0.3 is 5.97 Å². The number of carbonyl (C=O) groups is 1. The van der Waals surface area contributed by atoms with Crippen LogP contribution in [0.25, 0.3) is 0 Å². The Morgan fingerprint density at radius 2 is 2.12 bits per heavy atom. The summed E-state index contributed by atoms with van der Waals surface area (Å²) in [6.45, 7) is 1.30. The maximum absolute atomic E-state index is 11.8. The van der Waals surface area contributed by atoms with Gasteiger partial charge in [0.1, 0.15) is 6.04 Å². The van der Waals surface area contributed by atoms with E-state index in [0.717, 1.165) is 4.31 Å². The number of hydrogen-bond acceptors (Lipinski definition) is 4. The summed E-state index contributed by atoms with van der Waals surface area (Å²) in [6, 6.07) is 0.867. The molecule has 1 N–H and O–H groups in total. The van der Waals surface area contributed by atoms with Crippen LogP contribution in [-0.2, 0) is 14.8 Å². The van der Waals surface area contributed by atoms with Gasteiger partial charge in [-0.25, -0.2) is 8.42 Å². The second-order valence-electron chi connectivity index (χ2n) is 4.18. The summed E-state index contributed by atoms with van der Waals surface area (Å²) in [5.41, 5.74) is -0.786. The third kappa shape index (κ3) is 2.51. The van der Waals surface area contributed by atoms with Crippen LogP contribution in [-0.4, -0.2) is 42.6 Å². The van der Waals surface area contributed by atoms with E-state index in [1.165, 1.54) is 14.0 Å². The zero-order valence-electron chi connectivity index (χ0n) is 9.17. The monoisotopic (exact) mass is 246 g/mol. The predicted octanol–water partition coefficient (Wildman–Crippen LogP) is 0.0249. The van der Waals surface area contributed by atoms with Gasteiger partial charge in [0.05, 0.1) is 17.2 Å². The van der Waals surface area contributed by atoms with Crippen LogP contribution in [0.1, 0.15) is 19.8 Å². The van der Waals surface area contributed by atoms with Crippen LogP contribution in [0.15, 0.2) is 0 Å². The van der Waals surface area contributed by atoms with Crippen molar-refractivity contribution in [2.24, 2.45) is 5.41 Å². The summed E-state index contributed by atoms with van der Waals surface area (Å²) in [5.74, 6) is -1.49. The first kappa shape index (κ1) is 12.9. The Morgan fingerprint density at radius 3 is 2.44 bits per heavy atom. The summed E-state index contributed by atoms with van der Waals surface area (Å²) in [7, 11) is -2.46. The number of nitrogens with zero attached hydrogens (tertiary/aromatic N) is 2. The molecular formula is C9H14N2O4S. The zero-order chi connectivity index (χ0) is 12.6. The van der Waals surface area contributed by atoms with E-state index in [9.17, 15) is 13.2 Å². The largest absolute Gasteiger partial charge is 0.480 e. The summed E-state index contributed by atoms with van der Waals surface area (Å²) in [5, 5.41) is 17.5. The number of likely N-dealkylation sites (N-methyl/N-ethyl adjacent to an activating group) is 1. The molecule has 0 amide bonds. The first-order valence-electron chi connectivity index (χ1n) is 4.84. The maximum atomic E-state index is 11.8. The molecule has 1 aliphatic rings. The standard InChI is InChI=1S/C9H14N2O4S/c1-7(8(12)13)11(2)16(14,15)6-9(5-10)3-4-9/h7H,3-4,6H2,1-2H3,(H,12,13). The average Bonchev–Trinajstić information content (AvgIpc) is 2.95. The van der Waals surface area contributed by atoms with Crippen LogP contribution in [0.4, 0.5) is 0 Å². The molecule has 1 atom stereocenters. The van der Waals surface area contributed by atoms with Crippen LogP contribution >= 0.6 is 0 Å². The van der Waals surface area contributed by atoms with E-state index in [1.807, 2.05) is 6.07 Å². The Balaban J connectivity index is 2.79. The highest BCUT2D eigenvalue weighted by Crippen LogP contribution is 2.46. The number of hydrogen-bond donors (Lipinski definition) is 1. The quantitative estimate of drug-likeness (QED) is 0.737. The van der Waals surface area contributed by atoms with Gasteiger partial charge in [-0.05, 0) is 19.8 Å². The van der Waals surface area contributed by atoms with Crippen LogP contribution < -0.4 is 0 Å². The molecule has 0 aliphatic heterocycles. The SMILES string of the molecule is CC(C(=O)O)N(C)S(=O)(=O)CC1(C#N)CC1. The van der Waals surface area contributed by atoms with Crippen molar-refractivity contribution in [2.45, 2.75) is 25.8 Å². The predicted molar refractivity (Wildman–Crippen MR) is 55.9 cm³/mol. The van der Waals surface area contributed by atoms with Crippen molar-refractivity contribution < 1.29 is 18.3 Å². The highest BCUT2D eigenvalue weighted by Gasteiger charge is 2.48. The Morgan fingerprint density at radius 1 is 1.62 bits per heavy atom. The first-order chi connectivity index (χ1) is 7.24. The van der Waals surface area contributed by atoms with Crippen molar-refractivity contribution in [1.29, 1.82) is 5.26 Å². The molecule has 1 fully saturated rings. The second kappa shape index (κ2) is 4.03. The van der Waals surface area contributed by atoms with Gasteiger partial charge in [-0.15, -0.1) is 0 Å². The highest BCUT2D eigenvalue weighted by molar-refractivity contribution is 7.89. The van der Waals surface area contributed by atoms with Gasteiger partial charge in [0.15, 0.2) is 0 Å². The summed E-state index contributed by atoms with van der Waals surface area (Å²) in [6.07, 6.45) is 1.13. The molecule has 0 heterocycles. The second-order valence-corrected chi connectivity index (χ2v) is 6.21. The molecule has 1 aliphatic carbocycles. The van der Waals surface area contributed by atoms with Crippen LogP contribution in [0.2, 0.25) is 0 Å². The minimum Gasteiger partial charge on any atom is -0.480 e. The number of aliphatic carboxylic acids is 1. The fraction of sp³-hybridized carbons (Fsp3) is 0.778. The highest BCUT2D eigenvalue weighted by atomic mass is 32.2. The normalized spacial score (nSPS) is 20.1. The molecule has 7 heteroatoms. The Bertz CT molecular complexity index is 433. The Labute approximate surface area is 94.5 Å². The molecule has 0 aromatic heterocycles. The van der Waals surface area contributed by atoms with Crippen molar-refractivity contribution >= 4 is 16.0 Å². The fourth-order valence-electron chi connectivity index (χ4n) is 1.29. The van der Waals surface area contributed by atoms with Crippen LogP contribution in [0, 0.1) is 16.7 Å². The Kier molecular flexibility index (Phi) is 3.26. The van der Waals surface area contributed by atoms with Crippen LogP contribution in [0.3, 0.4) is 0 Å². The maximum Gasteiger partial charge on any atom is 0.321 e. The number of rotatable bonds is 5. The zero-order valence-corrected chi connectivity index (χ0v) is 9.99. The van der Waals surface area contributed by atoms with E-state index in [1.54, 1.807) is 0 Å². The van der Waals surface area contributed by atoms with E-state index in [4.69, 9.17) is 10.4 Å². The summed E-state index contributed by atoms with van der Waals surface area (Å²) in [4.78, 5) is 10.7. The molecule has 0 radical (unpaired) electrons. The van der Waals surface area contributed by atoms with Crippen molar-refractivity contribution in [3.63, 3.8) is 0 Å². The summed E-state index contributed by atoms with van der Waals surface area (Å²) >= 11 is 0. The molecule has 6 nitrogen and oxygen atoms in total. The third-order valence-corrected chi connectivity index (χ3v) is 5.00.